The Bertz CT molecular complexity index is 291. The SMILES string of the molecule is CC(C)NC(=O)CC(C)NC1CN(C(C)C)CC1C. The highest BCUT2D eigenvalue weighted by molar-refractivity contribution is 5.76. The lowest BCUT2D eigenvalue weighted by atomic mass is 10.0. The lowest BCUT2D eigenvalue weighted by molar-refractivity contribution is -0.122. The average molecular weight is 269 g/mol. The van der Waals surface area contributed by atoms with Gasteiger partial charge in [-0.15, -0.1) is 0 Å². The fourth-order valence-electron chi connectivity index (χ4n) is 2.73. The molecular weight excluding hydrogens is 238 g/mol. The molecule has 2 N–H and O–H groups in total. The zero-order valence-electron chi connectivity index (χ0n) is 13.4. The van der Waals surface area contributed by atoms with E-state index in [1.807, 2.05) is 13.8 Å². The summed E-state index contributed by atoms with van der Waals surface area (Å²) in [6.45, 7) is 15.1. The molecule has 4 heteroatoms. The van der Waals surface area contributed by atoms with Gasteiger partial charge in [-0.2, -0.15) is 0 Å². The van der Waals surface area contributed by atoms with Gasteiger partial charge >= 0.3 is 0 Å². The average Bonchev–Trinajstić information content (AvgIpc) is 2.58. The van der Waals surface area contributed by atoms with Crippen molar-refractivity contribution in [2.75, 3.05) is 13.1 Å². The van der Waals surface area contributed by atoms with Gasteiger partial charge in [-0.1, -0.05) is 6.92 Å². The lowest BCUT2D eigenvalue weighted by Crippen LogP contribution is -2.44. The molecule has 4 nitrogen and oxygen atoms in total. The predicted octanol–water partition coefficient (Wildman–Crippen LogP) is 1.61. The number of nitrogens with one attached hydrogen (secondary N) is 2. The molecule has 0 radical (unpaired) electrons. The summed E-state index contributed by atoms with van der Waals surface area (Å²) in [6.07, 6.45) is 0.559. The molecule has 0 aliphatic carbocycles. The first-order chi connectivity index (χ1) is 8.79. The van der Waals surface area contributed by atoms with Crippen LogP contribution in [0.1, 0.15) is 48.0 Å². The summed E-state index contributed by atoms with van der Waals surface area (Å²) in [5.41, 5.74) is 0. The van der Waals surface area contributed by atoms with Crippen molar-refractivity contribution in [1.82, 2.24) is 15.5 Å². The van der Waals surface area contributed by atoms with E-state index >= 15 is 0 Å². The second-order valence-corrected chi connectivity index (χ2v) is 6.63. The maximum Gasteiger partial charge on any atom is 0.221 e. The minimum atomic E-state index is 0.140. The molecule has 1 aliphatic heterocycles. The molecule has 1 heterocycles. The van der Waals surface area contributed by atoms with Gasteiger partial charge in [0, 0.05) is 43.7 Å². The van der Waals surface area contributed by atoms with Crippen LogP contribution < -0.4 is 10.6 Å². The number of nitrogens with zero attached hydrogens (tertiary/aromatic N) is 1. The van der Waals surface area contributed by atoms with Gasteiger partial charge in [0.2, 0.25) is 5.91 Å². The summed E-state index contributed by atoms with van der Waals surface area (Å²) < 4.78 is 0. The van der Waals surface area contributed by atoms with Crippen molar-refractivity contribution < 1.29 is 4.79 Å². The fraction of sp³-hybridized carbons (Fsp3) is 0.933. The van der Waals surface area contributed by atoms with Crippen molar-refractivity contribution >= 4 is 5.91 Å². The number of rotatable bonds is 6. The first-order valence-electron chi connectivity index (χ1n) is 7.59. The van der Waals surface area contributed by atoms with E-state index in [0.717, 1.165) is 13.1 Å². The van der Waals surface area contributed by atoms with Crippen molar-refractivity contribution in [3.63, 3.8) is 0 Å². The van der Waals surface area contributed by atoms with Crippen LogP contribution in [-0.4, -0.2) is 48.1 Å². The zero-order valence-corrected chi connectivity index (χ0v) is 13.4. The van der Waals surface area contributed by atoms with Crippen LogP contribution in [0.2, 0.25) is 0 Å². The second kappa shape index (κ2) is 7.25. The van der Waals surface area contributed by atoms with Gasteiger partial charge in [0.1, 0.15) is 0 Å². The van der Waals surface area contributed by atoms with Gasteiger partial charge in [0.15, 0.2) is 0 Å². The number of likely N-dealkylation sites (tertiary alicyclic amines) is 1. The molecule has 1 amide bonds. The Balaban J connectivity index is 2.36. The van der Waals surface area contributed by atoms with Crippen molar-refractivity contribution in [2.45, 2.75) is 72.1 Å². The molecule has 3 atom stereocenters. The van der Waals surface area contributed by atoms with Crippen molar-refractivity contribution in [3.8, 4) is 0 Å². The molecule has 0 aromatic rings. The van der Waals surface area contributed by atoms with E-state index in [-0.39, 0.29) is 18.0 Å². The van der Waals surface area contributed by atoms with E-state index in [9.17, 15) is 4.79 Å². The summed E-state index contributed by atoms with van der Waals surface area (Å²) in [7, 11) is 0. The largest absolute Gasteiger partial charge is 0.354 e. The quantitative estimate of drug-likeness (QED) is 0.770. The minimum Gasteiger partial charge on any atom is -0.354 e. The van der Waals surface area contributed by atoms with Crippen LogP contribution in [0.3, 0.4) is 0 Å². The topological polar surface area (TPSA) is 44.4 Å². The molecule has 1 fully saturated rings. The summed E-state index contributed by atoms with van der Waals surface area (Å²) in [6, 6.07) is 1.57. The molecule has 112 valence electrons. The molecule has 0 spiro atoms. The van der Waals surface area contributed by atoms with Crippen LogP contribution in [0, 0.1) is 5.92 Å². The molecule has 1 saturated heterocycles. The highest BCUT2D eigenvalue weighted by Crippen LogP contribution is 2.19. The summed E-state index contributed by atoms with van der Waals surface area (Å²) in [5, 5.41) is 6.56. The maximum atomic E-state index is 11.7. The molecule has 1 aliphatic rings. The highest BCUT2D eigenvalue weighted by atomic mass is 16.1. The minimum absolute atomic E-state index is 0.140. The third kappa shape index (κ3) is 5.49. The van der Waals surface area contributed by atoms with Crippen LogP contribution >= 0.6 is 0 Å². The van der Waals surface area contributed by atoms with E-state index in [0.29, 0.717) is 24.4 Å². The molecule has 0 aromatic heterocycles. The van der Waals surface area contributed by atoms with E-state index in [1.165, 1.54) is 0 Å². The molecule has 19 heavy (non-hydrogen) atoms. The predicted molar refractivity (Wildman–Crippen MR) is 80.2 cm³/mol. The summed E-state index contributed by atoms with van der Waals surface area (Å²) in [4.78, 5) is 14.2. The number of hydrogen-bond donors (Lipinski definition) is 2. The number of carbonyl (C=O) groups is 1. The van der Waals surface area contributed by atoms with Crippen molar-refractivity contribution in [3.05, 3.63) is 0 Å². The summed E-state index contributed by atoms with van der Waals surface area (Å²) in [5.74, 6) is 0.791. The Kier molecular flexibility index (Phi) is 6.27. The monoisotopic (exact) mass is 269 g/mol. The highest BCUT2D eigenvalue weighted by Gasteiger charge is 2.31. The second-order valence-electron chi connectivity index (χ2n) is 6.63. The summed E-state index contributed by atoms with van der Waals surface area (Å²) >= 11 is 0. The van der Waals surface area contributed by atoms with Crippen molar-refractivity contribution in [2.24, 2.45) is 5.92 Å². The Morgan fingerprint density at radius 1 is 1.21 bits per heavy atom. The van der Waals surface area contributed by atoms with E-state index in [2.05, 4.69) is 43.2 Å². The van der Waals surface area contributed by atoms with Gasteiger partial charge in [-0.05, 0) is 40.5 Å². The maximum absolute atomic E-state index is 11.7. The van der Waals surface area contributed by atoms with Gasteiger partial charge in [-0.3, -0.25) is 9.69 Å². The van der Waals surface area contributed by atoms with Crippen LogP contribution in [0.15, 0.2) is 0 Å². The molecule has 0 bridgehead atoms. The van der Waals surface area contributed by atoms with Crippen LogP contribution in [0.4, 0.5) is 0 Å². The zero-order chi connectivity index (χ0) is 14.6. The third-order valence-corrected chi connectivity index (χ3v) is 3.81. The van der Waals surface area contributed by atoms with E-state index in [1.54, 1.807) is 0 Å². The van der Waals surface area contributed by atoms with Crippen LogP contribution in [-0.2, 0) is 4.79 Å². The Morgan fingerprint density at radius 3 is 2.32 bits per heavy atom. The normalized spacial score (nSPS) is 26.1. The Labute approximate surface area is 118 Å². The van der Waals surface area contributed by atoms with Gasteiger partial charge in [0.25, 0.3) is 0 Å². The lowest BCUT2D eigenvalue weighted by Gasteiger charge is -2.23. The number of amides is 1. The van der Waals surface area contributed by atoms with E-state index in [4.69, 9.17) is 0 Å². The molecule has 0 saturated carbocycles. The van der Waals surface area contributed by atoms with E-state index < -0.39 is 0 Å². The number of hydrogen-bond acceptors (Lipinski definition) is 3. The molecule has 1 rings (SSSR count). The third-order valence-electron chi connectivity index (χ3n) is 3.81. The van der Waals surface area contributed by atoms with Crippen molar-refractivity contribution in [1.29, 1.82) is 0 Å². The van der Waals surface area contributed by atoms with Gasteiger partial charge in [-0.25, -0.2) is 0 Å². The first kappa shape index (κ1) is 16.4. The van der Waals surface area contributed by atoms with Gasteiger partial charge < -0.3 is 10.6 Å². The Morgan fingerprint density at radius 2 is 1.84 bits per heavy atom. The molecular formula is C15H31N3O. The molecule has 0 aromatic carbocycles. The van der Waals surface area contributed by atoms with Gasteiger partial charge in [0.05, 0.1) is 0 Å². The fourth-order valence-corrected chi connectivity index (χ4v) is 2.73. The van der Waals surface area contributed by atoms with Crippen LogP contribution in [0.5, 0.6) is 0 Å². The Hall–Kier alpha value is -0.610. The number of carbonyl (C=O) groups excluding carboxylic acids is 1. The molecule has 3 unspecified atom stereocenters. The van der Waals surface area contributed by atoms with Crippen LogP contribution in [0.25, 0.3) is 0 Å². The smallest absolute Gasteiger partial charge is 0.221 e. The first-order valence-corrected chi connectivity index (χ1v) is 7.59. The standard InChI is InChI=1S/C15H31N3O/c1-10(2)16-15(19)7-13(6)17-14-9-18(11(3)4)8-12(14)5/h10-14,17H,7-9H2,1-6H3,(H,16,19).